The molecule has 0 saturated heterocycles. The summed E-state index contributed by atoms with van der Waals surface area (Å²) in [4.78, 5) is 13.5. The molecule has 0 aromatic heterocycles. The summed E-state index contributed by atoms with van der Waals surface area (Å²) in [5, 5.41) is 9.94. The van der Waals surface area contributed by atoms with E-state index in [1.807, 2.05) is 78.9 Å². The fraction of sp³-hybridized carbons (Fsp3) is 0.100. The van der Waals surface area contributed by atoms with Gasteiger partial charge < -0.3 is 9.84 Å². The van der Waals surface area contributed by atoms with E-state index in [0.717, 1.165) is 33.6 Å². The molecule has 34 heavy (non-hydrogen) atoms. The zero-order chi connectivity index (χ0) is 23.8. The second-order valence-corrected chi connectivity index (χ2v) is 7.83. The molecule has 0 heterocycles. The molecule has 170 valence electrons. The average molecular weight is 450 g/mol. The first-order valence-corrected chi connectivity index (χ1v) is 11.2. The predicted molar refractivity (Wildman–Crippen MR) is 138 cm³/mol. The van der Waals surface area contributed by atoms with Crippen molar-refractivity contribution in [2.75, 3.05) is 18.6 Å². The van der Waals surface area contributed by atoms with E-state index < -0.39 is 6.09 Å². The Kier molecular flexibility index (Phi) is 7.41. The largest absolute Gasteiger partial charge is 0.497 e. The van der Waals surface area contributed by atoms with Crippen molar-refractivity contribution in [1.29, 1.82) is 0 Å². The van der Waals surface area contributed by atoms with Gasteiger partial charge in [-0.1, -0.05) is 91.0 Å². The third-order valence-corrected chi connectivity index (χ3v) is 5.75. The van der Waals surface area contributed by atoms with Crippen molar-refractivity contribution in [3.63, 3.8) is 0 Å². The van der Waals surface area contributed by atoms with Gasteiger partial charge in [-0.15, -0.1) is 0 Å². The number of methoxy groups -OCH3 is 1. The van der Waals surface area contributed by atoms with Gasteiger partial charge in [-0.25, -0.2) is 4.79 Å². The zero-order valence-electron chi connectivity index (χ0n) is 19.1. The number of carbonyl (C=O) groups is 1. The van der Waals surface area contributed by atoms with Gasteiger partial charge in [0.25, 0.3) is 0 Å². The Balaban J connectivity index is 1.85. The highest BCUT2D eigenvalue weighted by atomic mass is 16.5. The second kappa shape index (κ2) is 11.0. The quantitative estimate of drug-likeness (QED) is 0.289. The standard InChI is InChI=1S/C30H27NO3/c1-34-27-19-17-25(18-20-27)29(24-13-7-3-8-14-24)28(23-11-5-2-6-12-23)21-22-31(30(32)33)26-15-9-4-10-16-26/h2-20H,21-22H2,1H3,(H,32,33). The highest BCUT2D eigenvalue weighted by molar-refractivity contribution is 5.99. The van der Waals surface area contributed by atoms with E-state index in [2.05, 4.69) is 36.4 Å². The third kappa shape index (κ3) is 5.36. The number of benzene rings is 4. The van der Waals surface area contributed by atoms with Gasteiger partial charge in [0.2, 0.25) is 0 Å². The molecular formula is C30H27NO3. The van der Waals surface area contributed by atoms with Crippen molar-refractivity contribution in [3.05, 3.63) is 132 Å². The molecule has 0 atom stereocenters. The summed E-state index contributed by atoms with van der Waals surface area (Å²) in [6.07, 6.45) is -0.425. The molecule has 0 aliphatic heterocycles. The summed E-state index contributed by atoms with van der Waals surface area (Å²) < 4.78 is 5.37. The number of hydrogen-bond donors (Lipinski definition) is 1. The summed E-state index contributed by atoms with van der Waals surface area (Å²) in [7, 11) is 1.66. The van der Waals surface area contributed by atoms with Gasteiger partial charge in [-0.2, -0.15) is 0 Å². The Morgan fingerprint density at radius 1 is 0.706 bits per heavy atom. The molecule has 0 fully saturated rings. The van der Waals surface area contributed by atoms with Crippen LogP contribution >= 0.6 is 0 Å². The molecule has 4 heteroatoms. The highest BCUT2D eigenvalue weighted by Gasteiger charge is 2.19. The van der Waals surface area contributed by atoms with E-state index in [0.29, 0.717) is 18.7 Å². The molecule has 0 aliphatic carbocycles. The molecular weight excluding hydrogens is 422 g/mol. The minimum atomic E-state index is -0.968. The number of para-hydroxylation sites is 1. The summed E-state index contributed by atoms with van der Waals surface area (Å²) in [6.45, 7) is 0.329. The van der Waals surface area contributed by atoms with Crippen LogP contribution in [0.4, 0.5) is 10.5 Å². The topological polar surface area (TPSA) is 49.8 Å². The van der Waals surface area contributed by atoms with Gasteiger partial charge in [-0.05, 0) is 58.5 Å². The van der Waals surface area contributed by atoms with Crippen LogP contribution in [-0.2, 0) is 0 Å². The molecule has 0 saturated carbocycles. The van der Waals surface area contributed by atoms with Crippen molar-refractivity contribution < 1.29 is 14.6 Å². The van der Waals surface area contributed by atoms with Crippen LogP contribution in [0.25, 0.3) is 11.1 Å². The third-order valence-electron chi connectivity index (χ3n) is 5.75. The monoisotopic (exact) mass is 449 g/mol. The van der Waals surface area contributed by atoms with Crippen molar-refractivity contribution in [3.8, 4) is 5.75 Å². The van der Waals surface area contributed by atoms with Gasteiger partial charge in [0.05, 0.1) is 7.11 Å². The van der Waals surface area contributed by atoms with Crippen LogP contribution in [0.3, 0.4) is 0 Å². The minimum Gasteiger partial charge on any atom is -0.497 e. The molecule has 0 unspecified atom stereocenters. The fourth-order valence-corrected chi connectivity index (χ4v) is 4.10. The van der Waals surface area contributed by atoms with E-state index >= 15 is 0 Å². The van der Waals surface area contributed by atoms with Crippen LogP contribution in [0.2, 0.25) is 0 Å². The smallest absolute Gasteiger partial charge is 0.411 e. The number of carboxylic acid groups (broad SMARTS) is 1. The van der Waals surface area contributed by atoms with Crippen LogP contribution in [0.1, 0.15) is 23.1 Å². The maximum atomic E-state index is 12.1. The maximum Gasteiger partial charge on any atom is 0.411 e. The number of rotatable bonds is 8. The predicted octanol–water partition coefficient (Wildman–Crippen LogP) is 7.23. The Morgan fingerprint density at radius 2 is 1.21 bits per heavy atom. The molecule has 4 aromatic carbocycles. The normalized spacial score (nSPS) is 11.4. The van der Waals surface area contributed by atoms with E-state index in [9.17, 15) is 9.90 Å². The van der Waals surface area contributed by atoms with Crippen molar-refractivity contribution in [1.82, 2.24) is 0 Å². The lowest BCUT2D eigenvalue weighted by atomic mass is 9.87. The molecule has 4 rings (SSSR count). The van der Waals surface area contributed by atoms with Gasteiger partial charge in [0.1, 0.15) is 5.75 Å². The maximum absolute atomic E-state index is 12.1. The van der Waals surface area contributed by atoms with Gasteiger partial charge >= 0.3 is 6.09 Å². The number of anilines is 1. The number of nitrogens with zero attached hydrogens (tertiary/aromatic N) is 1. The van der Waals surface area contributed by atoms with E-state index in [1.165, 1.54) is 4.90 Å². The van der Waals surface area contributed by atoms with Crippen molar-refractivity contribution in [2.45, 2.75) is 6.42 Å². The average Bonchev–Trinajstić information content (AvgIpc) is 2.90. The lowest BCUT2D eigenvalue weighted by Crippen LogP contribution is -2.30. The van der Waals surface area contributed by atoms with Crippen LogP contribution < -0.4 is 9.64 Å². The molecule has 0 aliphatic rings. The minimum absolute atomic E-state index is 0.329. The van der Waals surface area contributed by atoms with Crippen molar-refractivity contribution >= 4 is 22.9 Å². The van der Waals surface area contributed by atoms with Crippen LogP contribution in [0.5, 0.6) is 5.75 Å². The lowest BCUT2D eigenvalue weighted by molar-refractivity contribution is 0.202. The number of amides is 1. The van der Waals surface area contributed by atoms with Gasteiger partial charge in [0, 0.05) is 12.2 Å². The molecule has 0 spiro atoms. The van der Waals surface area contributed by atoms with Gasteiger partial charge in [0.15, 0.2) is 0 Å². The Morgan fingerprint density at radius 3 is 1.74 bits per heavy atom. The lowest BCUT2D eigenvalue weighted by Gasteiger charge is -2.23. The molecule has 0 bridgehead atoms. The zero-order valence-corrected chi connectivity index (χ0v) is 19.1. The van der Waals surface area contributed by atoms with Crippen LogP contribution in [0.15, 0.2) is 115 Å². The van der Waals surface area contributed by atoms with Crippen LogP contribution in [-0.4, -0.2) is 24.9 Å². The van der Waals surface area contributed by atoms with Gasteiger partial charge in [-0.3, -0.25) is 4.90 Å². The molecule has 4 aromatic rings. The number of hydrogen-bond acceptors (Lipinski definition) is 2. The summed E-state index contributed by atoms with van der Waals surface area (Å²) in [5.41, 5.74) is 6.01. The van der Waals surface area contributed by atoms with Crippen LogP contribution in [0, 0.1) is 0 Å². The van der Waals surface area contributed by atoms with E-state index in [4.69, 9.17) is 4.74 Å². The Hall–Kier alpha value is -4.31. The first-order valence-electron chi connectivity index (χ1n) is 11.2. The SMILES string of the molecule is COc1ccc(C(=C(CCN(C(=O)O)c2ccccc2)c2ccccc2)c2ccccc2)cc1. The summed E-state index contributed by atoms with van der Waals surface area (Å²) in [5.74, 6) is 0.790. The number of ether oxygens (including phenoxy) is 1. The summed E-state index contributed by atoms with van der Waals surface area (Å²) >= 11 is 0. The van der Waals surface area contributed by atoms with E-state index in [1.54, 1.807) is 7.11 Å². The first-order chi connectivity index (χ1) is 16.7. The Bertz CT molecular complexity index is 1230. The Labute approximate surface area is 200 Å². The summed E-state index contributed by atoms with van der Waals surface area (Å²) in [6, 6.07) is 37.6. The highest BCUT2D eigenvalue weighted by Crippen LogP contribution is 2.35. The molecule has 1 N–H and O–H groups in total. The molecule has 0 radical (unpaired) electrons. The molecule has 4 nitrogen and oxygen atoms in total. The van der Waals surface area contributed by atoms with Crippen molar-refractivity contribution in [2.24, 2.45) is 0 Å². The van der Waals surface area contributed by atoms with E-state index in [-0.39, 0.29) is 0 Å². The second-order valence-electron chi connectivity index (χ2n) is 7.83. The fourth-order valence-electron chi connectivity index (χ4n) is 4.10. The molecule has 1 amide bonds. The first kappa shape index (κ1) is 22.9.